The fourth-order valence-corrected chi connectivity index (χ4v) is 2.79. The summed E-state index contributed by atoms with van der Waals surface area (Å²) >= 11 is 0. The van der Waals surface area contributed by atoms with E-state index >= 15 is 0 Å². The Labute approximate surface area is 135 Å². The Kier molecular flexibility index (Phi) is 5.01. The molecule has 7 nitrogen and oxygen atoms in total. The Balaban J connectivity index is 2.18. The van der Waals surface area contributed by atoms with Gasteiger partial charge in [-0.2, -0.15) is 0 Å². The molecule has 0 saturated carbocycles. The van der Waals surface area contributed by atoms with Crippen LogP contribution in [0.4, 0.5) is 0 Å². The molecule has 1 fully saturated rings. The number of likely N-dealkylation sites (tertiary alicyclic amines) is 1. The Morgan fingerprint density at radius 3 is 2.70 bits per heavy atom. The Hall–Kier alpha value is -1.99. The lowest BCUT2D eigenvalue weighted by molar-refractivity contribution is -0.161. The maximum absolute atomic E-state index is 12.3. The lowest BCUT2D eigenvalue weighted by Crippen LogP contribution is -2.47. The van der Waals surface area contributed by atoms with Crippen molar-refractivity contribution in [2.24, 2.45) is 11.7 Å². The van der Waals surface area contributed by atoms with Crippen molar-refractivity contribution in [1.29, 1.82) is 0 Å². The van der Waals surface area contributed by atoms with Crippen LogP contribution < -0.4 is 5.73 Å². The van der Waals surface area contributed by atoms with E-state index in [4.69, 9.17) is 10.5 Å². The van der Waals surface area contributed by atoms with Crippen molar-refractivity contribution in [3.63, 3.8) is 0 Å². The minimum absolute atomic E-state index is 0.386. The number of nitrogens with zero attached hydrogens (tertiary/aromatic N) is 2. The Morgan fingerprint density at radius 2 is 2.17 bits per heavy atom. The molecule has 0 aromatic carbocycles. The van der Waals surface area contributed by atoms with E-state index in [9.17, 15) is 14.7 Å². The van der Waals surface area contributed by atoms with Crippen molar-refractivity contribution in [2.75, 3.05) is 6.54 Å². The van der Waals surface area contributed by atoms with E-state index in [-0.39, 0.29) is 5.97 Å². The van der Waals surface area contributed by atoms with E-state index in [1.165, 1.54) is 6.20 Å². The normalized spacial score (nSPS) is 23.5. The average molecular weight is 321 g/mol. The minimum atomic E-state index is -1.02. The van der Waals surface area contributed by atoms with Gasteiger partial charge in [0.25, 0.3) is 0 Å². The highest BCUT2D eigenvalue weighted by Gasteiger charge is 2.44. The summed E-state index contributed by atoms with van der Waals surface area (Å²) in [4.78, 5) is 29.5. The number of aromatic nitrogens is 1. The van der Waals surface area contributed by atoms with Crippen molar-refractivity contribution in [3.05, 3.63) is 30.1 Å². The lowest BCUT2D eigenvalue weighted by atomic mass is 10.0. The first-order chi connectivity index (χ1) is 10.7. The number of aliphatic carboxylic acids is 1. The summed E-state index contributed by atoms with van der Waals surface area (Å²) in [6, 6.07) is 2.45. The first-order valence-electron chi connectivity index (χ1n) is 7.57. The van der Waals surface area contributed by atoms with Crippen molar-refractivity contribution in [1.82, 2.24) is 9.88 Å². The fourth-order valence-electron chi connectivity index (χ4n) is 2.79. The summed E-state index contributed by atoms with van der Waals surface area (Å²) in [7, 11) is 0. The third-order valence-electron chi connectivity index (χ3n) is 3.77. The highest BCUT2D eigenvalue weighted by atomic mass is 16.6. The molecule has 1 aliphatic heterocycles. The number of esters is 1. The van der Waals surface area contributed by atoms with Crippen LogP contribution in [0, 0.1) is 5.92 Å². The molecule has 126 valence electrons. The van der Waals surface area contributed by atoms with Gasteiger partial charge in [0.15, 0.2) is 0 Å². The van der Waals surface area contributed by atoms with Gasteiger partial charge in [0.2, 0.25) is 0 Å². The van der Waals surface area contributed by atoms with Gasteiger partial charge >= 0.3 is 11.9 Å². The standard InChI is InChI=1S/C16H23N3O4/c1-16(2,3)23-15(22)11-6-8-19(13(11)17)12(14(20)21)10-5-4-7-18-9-10/h4-5,7,9,11-13H,6,8,17H2,1-3H3,(H,20,21)/t11-,12-,13-/m0/s1. The molecule has 0 bridgehead atoms. The highest BCUT2D eigenvalue weighted by Crippen LogP contribution is 2.32. The van der Waals surface area contributed by atoms with Gasteiger partial charge in [-0.3, -0.25) is 19.5 Å². The lowest BCUT2D eigenvalue weighted by Gasteiger charge is -2.30. The molecule has 23 heavy (non-hydrogen) atoms. The van der Waals surface area contributed by atoms with E-state index in [1.54, 1.807) is 44.0 Å². The molecule has 7 heteroatoms. The predicted octanol–water partition coefficient (Wildman–Crippen LogP) is 1.16. The van der Waals surface area contributed by atoms with Crippen LogP contribution in [-0.4, -0.2) is 45.2 Å². The number of carboxylic acids is 1. The van der Waals surface area contributed by atoms with Crippen LogP contribution in [0.1, 0.15) is 38.8 Å². The smallest absolute Gasteiger partial charge is 0.325 e. The van der Waals surface area contributed by atoms with Crippen molar-refractivity contribution < 1.29 is 19.4 Å². The zero-order chi connectivity index (χ0) is 17.2. The van der Waals surface area contributed by atoms with E-state index in [0.717, 1.165) is 0 Å². The van der Waals surface area contributed by atoms with Crippen LogP contribution in [0.5, 0.6) is 0 Å². The first-order valence-corrected chi connectivity index (χ1v) is 7.57. The van der Waals surface area contributed by atoms with Gasteiger partial charge in [-0.1, -0.05) is 6.07 Å². The van der Waals surface area contributed by atoms with Crippen molar-refractivity contribution in [2.45, 2.75) is 45.0 Å². The highest BCUT2D eigenvalue weighted by molar-refractivity contribution is 5.77. The number of hydrogen-bond donors (Lipinski definition) is 2. The van der Waals surface area contributed by atoms with Crippen LogP contribution in [0.3, 0.4) is 0 Å². The summed E-state index contributed by atoms with van der Waals surface area (Å²) in [6.07, 6.45) is 2.86. The van der Waals surface area contributed by atoms with Gasteiger partial charge in [-0.15, -0.1) is 0 Å². The molecule has 3 atom stereocenters. The third kappa shape index (κ3) is 4.05. The van der Waals surface area contributed by atoms with Crippen LogP contribution in [0.25, 0.3) is 0 Å². The second kappa shape index (κ2) is 6.64. The largest absolute Gasteiger partial charge is 0.480 e. The number of nitrogens with two attached hydrogens (primary N) is 1. The van der Waals surface area contributed by atoms with Gasteiger partial charge in [-0.25, -0.2) is 0 Å². The third-order valence-corrected chi connectivity index (χ3v) is 3.77. The molecule has 1 aromatic rings. The number of rotatable bonds is 4. The van der Waals surface area contributed by atoms with Crippen molar-refractivity contribution >= 4 is 11.9 Å². The molecule has 3 N–H and O–H groups in total. The quantitative estimate of drug-likeness (QED) is 0.801. The van der Waals surface area contributed by atoms with E-state index in [1.807, 2.05) is 0 Å². The number of pyridine rings is 1. The van der Waals surface area contributed by atoms with E-state index < -0.39 is 29.7 Å². The second-order valence-corrected chi connectivity index (χ2v) is 6.68. The summed E-state index contributed by atoms with van der Waals surface area (Å²) in [6.45, 7) is 5.79. The molecule has 1 saturated heterocycles. The van der Waals surface area contributed by atoms with Crippen LogP contribution in [0.15, 0.2) is 24.5 Å². The second-order valence-electron chi connectivity index (χ2n) is 6.68. The summed E-state index contributed by atoms with van der Waals surface area (Å²) in [5, 5.41) is 9.58. The summed E-state index contributed by atoms with van der Waals surface area (Å²) in [5.74, 6) is -1.94. The van der Waals surface area contributed by atoms with Crippen LogP contribution in [-0.2, 0) is 14.3 Å². The number of ether oxygens (including phenoxy) is 1. The fraction of sp³-hybridized carbons (Fsp3) is 0.562. The number of hydrogen-bond acceptors (Lipinski definition) is 6. The summed E-state index contributed by atoms with van der Waals surface area (Å²) < 4.78 is 5.38. The maximum Gasteiger partial charge on any atom is 0.325 e. The van der Waals surface area contributed by atoms with Crippen LogP contribution in [0.2, 0.25) is 0 Å². The number of carboxylic acid groups (broad SMARTS) is 1. The minimum Gasteiger partial charge on any atom is -0.480 e. The Morgan fingerprint density at radius 1 is 1.48 bits per heavy atom. The molecule has 0 amide bonds. The van der Waals surface area contributed by atoms with Crippen molar-refractivity contribution in [3.8, 4) is 0 Å². The molecular formula is C16H23N3O4. The van der Waals surface area contributed by atoms with Gasteiger partial charge in [0.1, 0.15) is 11.6 Å². The zero-order valence-corrected chi connectivity index (χ0v) is 13.6. The molecular weight excluding hydrogens is 298 g/mol. The molecule has 0 radical (unpaired) electrons. The predicted molar refractivity (Wildman–Crippen MR) is 83.2 cm³/mol. The molecule has 0 unspecified atom stereocenters. The molecule has 1 aliphatic rings. The molecule has 2 heterocycles. The zero-order valence-electron chi connectivity index (χ0n) is 13.6. The molecule has 0 spiro atoms. The van der Waals surface area contributed by atoms with E-state index in [0.29, 0.717) is 18.5 Å². The van der Waals surface area contributed by atoms with Gasteiger partial charge in [0.05, 0.1) is 12.1 Å². The average Bonchev–Trinajstić information content (AvgIpc) is 2.80. The number of carbonyl (C=O) groups is 2. The maximum atomic E-state index is 12.3. The first kappa shape index (κ1) is 17.4. The Bertz CT molecular complexity index is 570. The summed E-state index contributed by atoms with van der Waals surface area (Å²) in [5.41, 5.74) is 6.10. The van der Waals surface area contributed by atoms with Gasteiger partial charge < -0.3 is 15.6 Å². The molecule has 1 aromatic heterocycles. The topological polar surface area (TPSA) is 106 Å². The van der Waals surface area contributed by atoms with Gasteiger partial charge in [0, 0.05) is 18.9 Å². The van der Waals surface area contributed by atoms with Crippen LogP contribution >= 0.6 is 0 Å². The molecule has 2 rings (SSSR count). The SMILES string of the molecule is CC(C)(C)OC(=O)[C@H]1CCN([C@H](C(=O)O)c2cccnc2)[C@@H]1N. The monoisotopic (exact) mass is 321 g/mol. The van der Waals surface area contributed by atoms with E-state index in [2.05, 4.69) is 4.98 Å². The van der Waals surface area contributed by atoms with Gasteiger partial charge in [-0.05, 0) is 38.8 Å². The molecule has 0 aliphatic carbocycles. The number of carbonyl (C=O) groups excluding carboxylic acids is 1.